The molecule has 34 heavy (non-hydrogen) atoms. The maximum atomic E-state index is 13.8. The molecule has 1 fully saturated rings. The third-order valence-corrected chi connectivity index (χ3v) is 6.89. The van der Waals surface area contributed by atoms with E-state index < -0.39 is 11.1 Å². The summed E-state index contributed by atoms with van der Waals surface area (Å²) >= 11 is 0. The van der Waals surface area contributed by atoms with Gasteiger partial charge in [-0.1, -0.05) is 6.07 Å². The van der Waals surface area contributed by atoms with Crippen molar-refractivity contribution in [1.82, 2.24) is 10.2 Å². The number of carbonyl (C=O) groups excluding carboxylic acids is 2. The van der Waals surface area contributed by atoms with Crippen LogP contribution in [0.2, 0.25) is 0 Å². The summed E-state index contributed by atoms with van der Waals surface area (Å²) in [7, 11) is 1.61. The minimum atomic E-state index is -0.541. The van der Waals surface area contributed by atoms with Crippen molar-refractivity contribution in [1.29, 1.82) is 0 Å². The minimum absolute atomic E-state index is 0.0328. The molecule has 186 valence electrons. The minimum Gasteiger partial charge on any atom is -0.487 e. The van der Waals surface area contributed by atoms with Crippen LogP contribution < -0.4 is 15.8 Å². The van der Waals surface area contributed by atoms with Gasteiger partial charge in [-0.15, -0.1) is 0 Å². The molecule has 0 radical (unpaired) electrons. The molecule has 2 heterocycles. The number of fused-ring (bicyclic) bond motifs is 1. The maximum absolute atomic E-state index is 13.8. The largest absolute Gasteiger partial charge is 0.487 e. The number of hydrogen-bond acceptors (Lipinski definition) is 6. The number of benzene rings is 1. The Morgan fingerprint density at radius 2 is 2.12 bits per heavy atom. The Bertz CT molecular complexity index is 1010. The Hall–Kier alpha value is -2.68. The number of aliphatic imine (C=N–C) groups is 1. The number of carbonyl (C=O) groups is 2. The molecular formula is C25H35FN4O4. The Morgan fingerprint density at radius 3 is 2.79 bits per heavy atom. The number of hydrogen-bond donors (Lipinski definition) is 2. The van der Waals surface area contributed by atoms with E-state index in [1.165, 1.54) is 12.1 Å². The van der Waals surface area contributed by atoms with Crippen molar-refractivity contribution in [2.24, 2.45) is 22.6 Å². The number of methoxy groups -OCH3 is 1. The highest BCUT2D eigenvalue weighted by molar-refractivity contribution is 5.99. The van der Waals surface area contributed by atoms with Gasteiger partial charge in [0.1, 0.15) is 17.2 Å². The van der Waals surface area contributed by atoms with Crippen molar-refractivity contribution in [2.45, 2.75) is 76.6 Å². The van der Waals surface area contributed by atoms with Gasteiger partial charge in [0.25, 0.3) is 0 Å². The molecule has 1 aromatic rings. The summed E-state index contributed by atoms with van der Waals surface area (Å²) < 4.78 is 25.0. The van der Waals surface area contributed by atoms with Gasteiger partial charge >= 0.3 is 0 Å². The molecule has 4 rings (SSSR count). The molecule has 2 aliphatic heterocycles. The van der Waals surface area contributed by atoms with Gasteiger partial charge in [0, 0.05) is 43.7 Å². The van der Waals surface area contributed by atoms with Crippen LogP contribution in [0.4, 0.5) is 4.39 Å². The molecule has 1 aliphatic carbocycles. The van der Waals surface area contributed by atoms with Crippen molar-refractivity contribution in [2.75, 3.05) is 13.7 Å². The van der Waals surface area contributed by atoms with Gasteiger partial charge in [0.15, 0.2) is 5.96 Å². The third kappa shape index (κ3) is 5.04. The van der Waals surface area contributed by atoms with Crippen molar-refractivity contribution >= 4 is 17.8 Å². The van der Waals surface area contributed by atoms with E-state index in [0.29, 0.717) is 31.6 Å². The van der Waals surface area contributed by atoms with Crippen molar-refractivity contribution in [3.05, 3.63) is 29.6 Å². The van der Waals surface area contributed by atoms with Crippen LogP contribution in [0.5, 0.6) is 5.75 Å². The predicted octanol–water partition coefficient (Wildman–Crippen LogP) is 2.91. The molecule has 9 heteroatoms. The van der Waals surface area contributed by atoms with Crippen LogP contribution in [0.25, 0.3) is 0 Å². The van der Waals surface area contributed by atoms with Crippen LogP contribution in [-0.2, 0) is 14.3 Å². The predicted molar refractivity (Wildman–Crippen MR) is 126 cm³/mol. The second kappa shape index (κ2) is 8.83. The first-order chi connectivity index (χ1) is 15.9. The van der Waals surface area contributed by atoms with E-state index >= 15 is 0 Å². The lowest BCUT2D eigenvalue weighted by Crippen LogP contribution is -2.55. The number of amides is 2. The molecular weight excluding hydrogens is 439 g/mol. The molecule has 3 N–H and O–H groups in total. The molecule has 8 nitrogen and oxygen atoms in total. The zero-order valence-electron chi connectivity index (χ0n) is 20.6. The van der Waals surface area contributed by atoms with E-state index in [-0.39, 0.29) is 53.9 Å². The average molecular weight is 475 g/mol. The van der Waals surface area contributed by atoms with Gasteiger partial charge in [0.05, 0.1) is 18.0 Å². The average Bonchev–Trinajstić information content (AvgIpc) is 3.48. The molecule has 4 unspecified atom stereocenters. The molecule has 1 saturated carbocycles. The Morgan fingerprint density at radius 1 is 1.38 bits per heavy atom. The van der Waals surface area contributed by atoms with Crippen LogP contribution in [0.3, 0.4) is 0 Å². The summed E-state index contributed by atoms with van der Waals surface area (Å²) in [5.74, 6) is -0.148. The summed E-state index contributed by atoms with van der Waals surface area (Å²) in [4.78, 5) is 32.3. The zero-order valence-corrected chi connectivity index (χ0v) is 20.6. The number of guanidine groups is 1. The van der Waals surface area contributed by atoms with Crippen molar-refractivity contribution in [3.63, 3.8) is 0 Å². The van der Waals surface area contributed by atoms with Gasteiger partial charge in [-0.2, -0.15) is 0 Å². The van der Waals surface area contributed by atoms with Gasteiger partial charge in [-0.25, -0.2) is 9.38 Å². The van der Waals surface area contributed by atoms with Gasteiger partial charge < -0.3 is 20.5 Å². The van der Waals surface area contributed by atoms with Crippen molar-refractivity contribution < 1.29 is 23.5 Å². The number of nitrogens with zero attached hydrogens (tertiary/aromatic N) is 2. The topological polar surface area (TPSA) is 106 Å². The van der Waals surface area contributed by atoms with Crippen LogP contribution in [0.1, 0.15) is 65.0 Å². The number of halogens is 1. The van der Waals surface area contributed by atoms with Crippen LogP contribution in [-0.4, -0.2) is 53.6 Å². The summed E-state index contributed by atoms with van der Waals surface area (Å²) in [6.45, 7) is 8.05. The standard InChI is InChI=1S/C25H35FN4O4/c1-24(2)13-21(31)30(23(27)29-24)19(8-9-33-5)16-11-17(16)22(32)28-18-12-25(3,4)34-20-10-14(26)6-7-15(18)20/h6-7,10,16-19H,8-9,11-13H2,1-5H3,(H2,27,29)(H,28,32). The third-order valence-electron chi connectivity index (χ3n) is 6.89. The first-order valence-corrected chi connectivity index (χ1v) is 11.9. The second-order valence-electron chi connectivity index (χ2n) is 10.9. The van der Waals surface area contributed by atoms with Crippen LogP contribution in [0, 0.1) is 17.7 Å². The molecule has 0 aromatic heterocycles. The van der Waals surface area contributed by atoms with E-state index in [4.69, 9.17) is 15.2 Å². The molecule has 1 aromatic carbocycles. The summed E-state index contributed by atoms with van der Waals surface area (Å²) in [6, 6.07) is 3.88. The van der Waals surface area contributed by atoms with Crippen LogP contribution in [0.15, 0.2) is 23.2 Å². The van der Waals surface area contributed by atoms with E-state index in [1.54, 1.807) is 18.1 Å². The molecule has 4 atom stereocenters. The van der Waals surface area contributed by atoms with Crippen LogP contribution >= 0.6 is 0 Å². The van der Waals surface area contributed by atoms with Crippen molar-refractivity contribution in [3.8, 4) is 5.75 Å². The Labute approximate surface area is 200 Å². The first kappa shape index (κ1) is 24.4. The Balaban J connectivity index is 1.50. The quantitative estimate of drug-likeness (QED) is 0.632. The van der Waals surface area contributed by atoms with E-state index in [2.05, 4.69) is 10.3 Å². The lowest BCUT2D eigenvalue weighted by atomic mass is 9.89. The zero-order chi connectivity index (χ0) is 24.8. The number of nitrogens with two attached hydrogens (primary N) is 1. The monoisotopic (exact) mass is 474 g/mol. The lowest BCUT2D eigenvalue weighted by Gasteiger charge is -2.38. The molecule has 0 bridgehead atoms. The number of nitrogens with one attached hydrogen (secondary N) is 1. The Kier molecular flexibility index (Phi) is 6.35. The number of ether oxygens (including phenoxy) is 2. The fourth-order valence-electron chi connectivity index (χ4n) is 5.29. The molecule has 0 spiro atoms. The molecule has 0 saturated heterocycles. The van der Waals surface area contributed by atoms with Gasteiger partial charge in [-0.3, -0.25) is 14.5 Å². The van der Waals surface area contributed by atoms with E-state index in [0.717, 1.165) is 5.56 Å². The summed E-state index contributed by atoms with van der Waals surface area (Å²) in [5, 5.41) is 3.15. The lowest BCUT2D eigenvalue weighted by molar-refractivity contribution is -0.132. The molecule has 2 amide bonds. The SMILES string of the molecule is COCCC(C1CC1C(=O)NC1CC(C)(C)Oc2cc(F)ccc21)N1C(=O)CC(C)(C)N=C1N. The van der Waals surface area contributed by atoms with Gasteiger partial charge in [-0.05, 0) is 52.5 Å². The first-order valence-electron chi connectivity index (χ1n) is 11.9. The summed E-state index contributed by atoms with van der Waals surface area (Å²) in [5.41, 5.74) is 5.91. The molecule has 3 aliphatic rings. The van der Waals surface area contributed by atoms with E-state index in [9.17, 15) is 14.0 Å². The van der Waals surface area contributed by atoms with E-state index in [1.807, 2.05) is 27.7 Å². The highest BCUT2D eigenvalue weighted by atomic mass is 19.1. The van der Waals surface area contributed by atoms with Gasteiger partial charge in [0.2, 0.25) is 11.8 Å². The number of rotatable bonds is 7. The fraction of sp³-hybridized carbons (Fsp3) is 0.640. The maximum Gasteiger partial charge on any atom is 0.231 e. The fourth-order valence-corrected chi connectivity index (χ4v) is 5.29. The normalized spacial score (nSPS) is 27.8. The highest BCUT2D eigenvalue weighted by Crippen LogP contribution is 2.47. The smallest absolute Gasteiger partial charge is 0.231 e. The highest BCUT2D eigenvalue weighted by Gasteiger charge is 2.52. The second-order valence-corrected chi connectivity index (χ2v) is 10.9. The summed E-state index contributed by atoms with van der Waals surface area (Å²) in [6.07, 6.45) is 2.07.